The standard InChI is InChI=1S/C16H29N3O4/c1-12-9-14(19-23-12)10-18-13(11-21-5)7-6-8-17-15(20)22-16(2,3)4/h9,13,18H,6-8,10-11H2,1-5H3,(H,17,20). The molecule has 1 aromatic heterocycles. The lowest BCUT2D eigenvalue weighted by atomic mass is 10.1. The predicted octanol–water partition coefficient (Wildman–Crippen LogP) is 2.39. The number of ether oxygens (including phenoxy) is 2. The summed E-state index contributed by atoms with van der Waals surface area (Å²) < 4.78 is 15.5. The normalized spacial score (nSPS) is 12.9. The molecule has 0 aliphatic rings. The van der Waals surface area contributed by atoms with Crippen LogP contribution in [0.1, 0.15) is 45.1 Å². The van der Waals surface area contributed by atoms with Crippen molar-refractivity contribution in [3.63, 3.8) is 0 Å². The number of carbonyl (C=O) groups excluding carboxylic acids is 1. The Hall–Kier alpha value is -1.60. The molecule has 0 radical (unpaired) electrons. The fourth-order valence-corrected chi connectivity index (χ4v) is 2.05. The van der Waals surface area contributed by atoms with E-state index in [1.54, 1.807) is 7.11 Å². The topological polar surface area (TPSA) is 85.6 Å². The quantitative estimate of drug-likeness (QED) is 0.677. The number of rotatable bonds is 9. The van der Waals surface area contributed by atoms with Crippen LogP contribution >= 0.6 is 0 Å². The Bertz CT molecular complexity index is 468. The molecule has 1 atom stereocenters. The smallest absolute Gasteiger partial charge is 0.407 e. The summed E-state index contributed by atoms with van der Waals surface area (Å²) in [5.41, 5.74) is 0.399. The average molecular weight is 327 g/mol. The molecule has 2 N–H and O–H groups in total. The molecule has 0 saturated carbocycles. The van der Waals surface area contributed by atoms with Gasteiger partial charge in [-0.2, -0.15) is 0 Å². The van der Waals surface area contributed by atoms with Crippen LogP contribution in [0.5, 0.6) is 0 Å². The lowest BCUT2D eigenvalue weighted by molar-refractivity contribution is 0.0526. The zero-order valence-electron chi connectivity index (χ0n) is 14.8. The van der Waals surface area contributed by atoms with Crippen molar-refractivity contribution in [1.29, 1.82) is 0 Å². The molecule has 1 rings (SSSR count). The van der Waals surface area contributed by atoms with Gasteiger partial charge in [-0.3, -0.25) is 0 Å². The SMILES string of the molecule is COCC(CCCNC(=O)OC(C)(C)C)NCc1cc(C)on1. The van der Waals surface area contributed by atoms with E-state index in [-0.39, 0.29) is 12.1 Å². The van der Waals surface area contributed by atoms with Gasteiger partial charge in [0.25, 0.3) is 0 Å². The molecule has 0 saturated heterocycles. The minimum absolute atomic E-state index is 0.192. The third kappa shape index (κ3) is 9.20. The van der Waals surface area contributed by atoms with Gasteiger partial charge in [0, 0.05) is 32.3 Å². The van der Waals surface area contributed by atoms with Crippen molar-refractivity contribution in [2.24, 2.45) is 0 Å². The van der Waals surface area contributed by atoms with Crippen molar-refractivity contribution in [1.82, 2.24) is 15.8 Å². The van der Waals surface area contributed by atoms with Gasteiger partial charge < -0.3 is 24.6 Å². The van der Waals surface area contributed by atoms with Crippen molar-refractivity contribution < 1.29 is 18.8 Å². The second-order valence-electron chi connectivity index (χ2n) is 6.53. The highest BCUT2D eigenvalue weighted by molar-refractivity contribution is 5.67. The molecule has 0 aromatic carbocycles. The summed E-state index contributed by atoms with van der Waals surface area (Å²) in [7, 11) is 1.67. The van der Waals surface area contributed by atoms with Crippen LogP contribution in [0.4, 0.5) is 4.79 Å². The molecule has 23 heavy (non-hydrogen) atoms. The van der Waals surface area contributed by atoms with Crippen LogP contribution in [0.3, 0.4) is 0 Å². The molecule has 1 amide bonds. The van der Waals surface area contributed by atoms with E-state index in [0.717, 1.165) is 24.3 Å². The molecule has 1 heterocycles. The number of amides is 1. The van der Waals surface area contributed by atoms with E-state index < -0.39 is 5.60 Å². The molecule has 0 fully saturated rings. The number of methoxy groups -OCH3 is 1. The molecule has 0 bridgehead atoms. The fourth-order valence-electron chi connectivity index (χ4n) is 2.05. The van der Waals surface area contributed by atoms with Gasteiger partial charge in [0.1, 0.15) is 11.4 Å². The fraction of sp³-hybridized carbons (Fsp3) is 0.750. The first kappa shape index (κ1) is 19.4. The highest BCUT2D eigenvalue weighted by Gasteiger charge is 2.16. The van der Waals surface area contributed by atoms with E-state index >= 15 is 0 Å². The molecule has 0 spiro atoms. The van der Waals surface area contributed by atoms with Crippen LogP contribution in [-0.4, -0.2) is 43.2 Å². The highest BCUT2D eigenvalue weighted by Crippen LogP contribution is 2.07. The molecule has 0 aliphatic carbocycles. The summed E-state index contributed by atoms with van der Waals surface area (Å²) in [5.74, 6) is 0.798. The van der Waals surface area contributed by atoms with Crippen molar-refractivity contribution in [3.05, 3.63) is 17.5 Å². The van der Waals surface area contributed by atoms with Gasteiger partial charge in [0.15, 0.2) is 0 Å². The van der Waals surface area contributed by atoms with E-state index in [4.69, 9.17) is 14.0 Å². The number of nitrogens with one attached hydrogen (secondary N) is 2. The first-order chi connectivity index (χ1) is 10.8. The van der Waals surface area contributed by atoms with Gasteiger partial charge in [-0.1, -0.05) is 5.16 Å². The molecule has 132 valence electrons. The van der Waals surface area contributed by atoms with Gasteiger partial charge >= 0.3 is 6.09 Å². The third-order valence-electron chi connectivity index (χ3n) is 3.01. The Labute approximate surface area is 138 Å². The molecule has 7 nitrogen and oxygen atoms in total. The van der Waals surface area contributed by atoms with E-state index in [9.17, 15) is 4.79 Å². The molecular formula is C16H29N3O4. The Morgan fingerprint density at radius 2 is 2.17 bits per heavy atom. The van der Waals surface area contributed by atoms with E-state index in [1.807, 2.05) is 33.8 Å². The third-order valence-corrected chi connectivity index (χ3v) is 3.01. The monoisotopic (exact) mass is 327 g/mol. The van der Waals surface area contributed by atoms with Gasteiger partial charge in [-0.05, 0) is 40.5 Å². The number of aryl methyl sites for hydroxylation is 1. The number of nitrogens with zero attached hydrogens (tertiary/aromatic N) is 1. The first-order valence-electron chi connectivity index (χ1n) is 7.91. The summed E-state index contributed by atoms with van der Waals surface area (Å²) in [6, 6.07) is 2.10. The zero-order chi connectivity index (χ0) is 17.3. The summed E-state index contributed by atoms with van der Waals surface area (Å²) in [4.78, 5) is 11.5. The highest BCUT2D eigenvalue weighted by atomic mass is 16.6. The summed E-state index contributed by atoms with van der Waals surface area (Å²) in [6.45, 7) is 9.20. The lowest BCUT2D eigenvalue weighted by Gasteiger charge is -2.20. The van der Waals surface area contributed by atoms with Crippen LogP contribution in [0.15, 0.2) is 10.6 Å². The molecule has 7 heteroatoms. The minimum Gasteiger partial charge on any atom is -0.444 e. The number of aromatic nitrogens is 1. The number of hydrogen-bond donors (Lipinski definition) is 2. The number of carbonyl (C=O) groups is 1. The maximum absolute atomic E-state index is 11.5. The zero-order valence-corrected chi connectivity index (χ0v) is 14.8. The van der Waals surface area contributed by atoms with Crippen LogP contribution in [0, 0.1) is 6.92 Å². The second kappa shape index (κ2) is 9.52. The van der Waals surface area contributed by atoms with Gasteiger partial charge in [0.05, 0.1) is 12.3 Å². The van der Waals surface area contributed by atoms with Crippen LogP contribution in [0.2, 0.25) is 0 Å². The van der Waals surface area contributed by atoms with Crippen molar-refractivity contribution >= 4 is 6.09 Å². The van der Waals surface area contributed by atoms with Crippen molar-refractivity contribution in [3.8, 4) is 0 Å². The molecule has 1 aromatic rings. The predicted molar refractivity (Wildman–Crippen MR) is 87.2 cm³/mol. The number of alkyl carbamates (subject to hydrolysis) is 1. The maximum atomic E-state index is 11.5. The van der Waals surface area contributed by atoms with Crippen LogP contribution in [-0.2, 0) is 16.0 Å². The lowest BCUT2D eigenvalue weighted by Crippen LogP contribution is -2.35. The van der Waals surface area contributed by atoms with E-state index in [1.165, 1.54) is 0 Å². The Morgan fingerprint density at radius 3 is 2.74 bits per heavy atom. The minimum atomic E-state index is -0.472. The number of hydrogen-bond acceptors (Lipinski definition) is 6. The molecule has 1 unspecified atom stereocenters. The Morgan fingerprint density at radius 1 is 1.43 bits per heavy atom. The first-order valence-corrected chi connectivity index (χ1v) is 7.91. The van der Waals surface area contributed by atoms with Gasteiger partial charge in [-0.25, -0.2) is 4.79 Å². The summed E-state index contributed by atoms with van der Waals surface area (Å²) >= 11 is 0. The van der Waals surface area contributed by atoms with Crippen molar-refractivity contribution in [2.75, 3.05) is 20.3 Å². The van der Waals surface area contributed by atoms with E-state index in [2.05, 4.69) is 15.8 Å². The maximum Gasteiger partial charge on any atom is 0.407 e. The summed E-state index contributed by atoms with van der Waals surface area (Å²) in [6.07, 6.45) is 1.32. The van der Waals surface area contributed by atoms with Gasteiger partial charge in [0.2, 0.25) is 0 Å². The molecule has 0 aliphatic heterocycles. The largest absolute Gasteiger partial charge is 0.444 e. The Balaban J connectivity index is 2.23. The van der Waals surface area contributed by atoms with Crippen molar-refractivity contribution in [2.45, 2.75) is 58.7 Å². The Kier molecular flexibility index (Phi) is 8.05. The molecular weight excluding hydrogens is 298 g/mol. The van der Waals surface area contributed by atoms with Crippen LogP contribution < -0.4 is 10.6 Å². The summed E-state index contributed by atoms with van der Waals surface area (Å²) in [5, 5.41) is 10.1. The van der Waals surface area contributed by atoms with Crippen LogP contribution in [0.25, 0.3) is 0 Å². The average Bonchev–Trinajstić information content (AvgIpc) is 2.84. The second-order valence-corrected chi connectivity index (χ2v) is 6.53. The van der Waals surface area contributed by atoms with E-state index in [0.29, 0.717) is 19.7 Å². The van der Waals surface area contributed by atoms with Gasteiger partial charge in [-0.15, -0.1) is 0 Å².